The first-order valence-electron chi connectivity index (χ1n) is 10.3. The Balaban J connectivity index is 1.21. The smallest absolute Gasteiger partial charge is 0.233 e. The molecule has 0 bridgehead atoms. The van der Waals surface area contributed by atoms with Crippen LogP contribution in [0.3, 0.4) is 0 Å². The molecule has 0 radical (unpaired) electrons. The fourth-order valence-electron chi connectivity index (χ4n) is 4.55. The van der Waals surface area contributed by atoms with Crippen LogP contribution in [0.15, 0.2) is 48.5 Å². The molecule has 5 rings (SSSR count). The summed E-state index contributed by atoms with van der Waals surface area (Å²) in [5.41, 5.74) is 2.56. The molecular formula is C23H26N2O3S. The van der Waals surface area contributed by atoms with Gasteiger partial charge in [-0.05, 0) is 36.1 Å². The molecular weight excluding hydrogens is 384 g/mol. The Morgan fingerprint density at radius 1 is 0.966 bits per heavy atom. The third kappa shape index (κ3) is 4.09. The van der Waals surface area contributed by atoms with Crippen LogP contribution in [0.2, 0.25) is 0 Å². The number of rotatable bonds is 5. The lowest BCUT2D eigenvalue weighted by molar-refractivity contribution is -0.131. The number of piperidine rings is 1. The molecule has 1 amide bonds. The summed E-state index contributed by atoms with van der Waals surface area (Å²) in [7, 11) is 0. The number of nitrogens with zero attached hydrogens (tertiary/aromatic N) is 2. The molecule has 0 N–H and O–H groups in total. The van der Waals surface area contributed by atoms with E-state index in [4.69, 9.17) is 9.47 Å². The van der Waals surface area contributed by atoms with Crippen LogP contribution in [0.5, 0.6) is 11.5 Å². The molecule has 2 fully saturated rings. The van der Waals surface area contributed by atoms with Gasteiger partial charge in [0.1, 0.15) is 0 Å². The normalized spacial score (nSPS) is 22.4. The van der Waals surface area contributed by atoms with Gasteiger partial charge < -0.3 is 14.4 Å². The van der Waals surface area contributed by atoms with E-state index in [0.717, 1.165) is 50.4 Å². The highest BCUT2D eigenvalue weighted by Crippen LogP contribution is 2.36. The van der Waals surface area contributed by atoms with Crippen LogP contribution in [-0.4, -0.2) is 52.8 Å². The van der Waals surface area contributed by atoms with Gasteiger partial charge >= 0.3 is 0 Å². The number of carbonyl (C=O) groups excluding carboxylic acids is 1. The summed E-state index contributed by atoms with van der Waals surface area (Å²) in [4.78, 5) is 17.4. The molecule has 29 heavy (non-hydrogen) atoms. The summed E-state index contributed by atoms with van der Waals surface area (Å²) in [6.07, 6.45) is 2.96. The first-order valence-corrected chi connectivity index (χ1v) is 11.4. The second-order valence-electron chi connectivity index (χ2n) is 7.95. The minimum Gasteiger partial charge on any atom is -0.454 e. The van der Waals surface area contributed by atoms with E-state index in [0.29, 0.717) is 24.5 Å². The number of thioether (sulfide) groups is 1. The highest BCUT2D eigenvalue weighted by atomic mass is 32.2. The van der Waals surface area contributed by atoms with E-state index in [1.807, 2.05) is 6.07 Å². The fourth-order valence-corrected chi connectivity index (χ4v) is 5.79. The number of amides is 1. The van der Waals surface area contributed by atoms with Gasteiger partial charge in [-0.25, -0.2) is 0 Å². The van der Waals surface area contributed by atoms with Gasteiger partial charge in [-0.2, -0.15) is 0 Å². The predicted octanol–water partition coefficient (Wildman–Crippen LogP) is 3.52. The Morgan fingerprint density at radius 3 is 2.59 bits per heavy atom. The van der Waals surface area contributed by atoms with Crippen molar-refractivity contribution < 1.29 is 14.3 Å². The maximum atomic E-state index is 12.7. The lowest BCUT2D eigenvalue weighted by Gasteiger charge is -2.39. The van der Waals surface area contributed by atoms with Crippen LogP contribution in [0.4, 0.5) is 0 Å². The molecule has 1 unspecified atom stereocenters. The van der Waals surface area contributed by atoms with E-state index in [1.165, 1.54) is 11.1 Å². The van der Waals surface area contributed by atoms with Crippen molar-refractivity contribution in [3.8, 4) is 11.5 Å². The molecule has 2 aromatic carbocycles. The van der Waals surface area contributed by atoms with E-state index in [9.17, 15) is 4.79 Å². The van der Waals surface area contributed by atoms with Crippen molar-refractivity contribution in [2.24, 2.45) is 0 Å². The van der Waals surface area contributed by atoms with Gasteiger partial charge in [0, 0.05) is 32.1 Å². The zero-order valence-electron chi connectivity index (χ0n) is 16.5. The first kappa shape index (κ1) is 18.8. The Kier molecular flexibility index (Phi) is 5.38. The molecule has 3 heterocycles. The second-order valence-corrected chi connectivity index (χ2v) is 9.12. The van der Waals surface area contributed by atoms with E-state index < -0.39 is 0 Å². The lowest BCUT2D eigenvalue weighted by Crippen LogP contribution is -2.48. The number of carbonyl (C=O) groups is 1. The quantitative estimate of drug-likeness (QED) is 0.754. The summed E-state index contributed by atoms with van der Waals surface area (Å²) in [5, 5.41) is 0.216. The SMILES string of the molecule is O=C1CSC(Cc2ccc3c(c2)OCO3)N1C1CCN(Cc2ccccc2)CC1. The summed E-state index contributed by atoms with van der Waals surface area (Å²) < 4.78 is 10.9. The number of likely N-dealkylation sites (tertiary alicyclic amines) is 1. The summed E-state index contributed by atoms with van der Waals surface area (Å²) in [6.45, 7) is 3.38. The lowest BCUT2D eigenvalue weighted by atomic mass is 10.0. The zero-order chi connectivity index (χ0) is 19.6. The molecule has 0 saturated carbocycles. The molecule has 0 aromatic heterocycles. The average Bonchev–Trinajstić information content (AvgIpc) is 3.36. The fraction of sp³-hybridized carbons (Fsp3) is 0.435. The van der Waals surface area contributed by atoms with Gasteiger partial charge in [0.05, 0.1) is 11.1 Å². The molecule has 0 spiro atoms. The Hall–Kier alpha value is -2.18. The monoisotopic (exact) mass is 410 g/mol. The minimum atomic E-state index is 0.216. The molecule has 152 valence electrons. The van der Waals surface area contributed by atoms with Crippen molar-refractivity contribution in [2.75, 3.05) is 25.6 Å². The number of benzene rings is 2. The Bertz CT molecular complexity index is 868. The third-order valence-electron chi connectivity index (χ3n) is 6.04. The second kappa shape index (κ2) is 8.28. The largest absolute Gasteiger partial charge is 0.454 e. The van der Waals surface area contributed by atoms with Crippen LogP contribution in [0, 0.1) is 0 Å². The Labute approximate surface area is 176 Å². The topological polar surface area (TPSA) is 42.0 Å². The number of hydrogen-bond acceptors (Lipinski definition) is 5. The van der Waals surface area contributed by atoms with Crippen molar-refractivity contribution in [3.05, 3.63) is 59.7 Å². The van der Waals surface area contributed by atoms with Gasteiger partial charge in [0.15, 0.2) is 11.5 Å². The van der Waals surface area contributed by atoms with Crippen molar-refractivity contribution in [3.63, 3.8) is 0 Å². The van der Waals surface area contributed by atoms with Crippen molar-refractivity contribution in [1.29, 1.82) is 0 Å². The third-order valence-corrected chi connectivity index (χ3v) is 7.24. The molecule has 1 atom stereocenters. The Morgan fingerprint density at radius 2 is 1.76 bits per heavy atom. The van der Waals surface area contributed by atoms with Crippen LogP contribution < -0.4 is 9.47 Å². The highest BCUT2D eigenvalue weighted by molar-refractivity contribution is 8.01. The summed E-state index contributed by atoms with van der Waals surface area (Å²) >= 11 is 1.77. The summed E-state index contributed by atoms with van der Waals surface area (Å²) in [5.74, 6) is 2.52. The van der Waals surface area contributed by atoms with Gasteiger partial charge in [-0.3, -0.25) is 9.69 Å². The van der Waals surface area contributed by atoms with Crippen LogP contribution in [0.25, 0.3) is 0 Å². The van der Waals surface area contributed by atoms with Crippen LogP contribution >= 0.6 is 11.8 Å². The first-order chi connectivity index (χ1) is 14.3. The average molecular weight is 411 g/mol. The van der Waals surface area contributed by atoms with Gasteiger partial charge in [-0.1, -0.05) is 36.4 Å². The predicted molar refractivity (Wildman–Crippen MR) is 114 cm³/mol. The van der Waals surface area contributed by atoms with E-state index in [2.05, 4.69) is 52.3 Å². The van der Waals surface area contributed by atoms with Gasteiger partial charge in [0.25, 0.3) is 0 Å². The molecule has 6 heteroatoms. The zero-order valence-corrected chi connectivity index (χ0v) is 17.3. The van der Waals surface area contributed by atoms with E-state index in [-0.39, 0.29) is 5.37 Å². The molecule has 2 aromatic rings. The van der Waals surface area contributed by atoms with E-state index in [1.54, 1.807) is 11.8 Å². The highest BCUT2D eigenvalue weighted by Gasteiger charge is 2.38. The van der Waals surface area contributed by atoms with Crippen molar-refractivity contribution in [2.45, 2.75) is 37.2 Å². The van der Waals surface area contributed by atoms with Crippen LogP contribution in [0.1, 0.15) is 24.0 Å². The summed E-state index contributed by atoms with van der Waals surface area (Å²) in [6, 6.07) is 17.1. The molecule has 0 aliphatic carbocycles. The van der Waals surface area contributed by atoms with E-state index >= 15 is 0 Å². The van der Waals surface area contributed by atoms with Gasteiger partial charge in [-0.15, -0.1) is 11.8 Å². The number of hydrogen-bond donors (Lipinski definition) is 0. The molecule has 5 nitrogen and oxygen atoms in total. The maximum absolute atomic E-state index is 12.7. The molecule has 3 aliphatic rings. The minimum absolute atomic E-state index is 0.216. The van der Waals surface area contributed by atoms with Crippen molar-refractivity contribution >= 4 is 17.7 Å². The maximum Gasteiger partial charge on any atom is 0.233 e. The molecule has 3 aliphatic heterocycles. The standard InChI is InChI=1S/C23H26N2O3S/c26-22-15-29-23(13-18-6-7-20-21(12-18)28-16-27-20)25(22)19-8-10-24(11-9-19)14-17-4-2-1-3-5-17/h1-7,12,19,23H,8-11,13-16H2. The number of ether oxygens (including phenoxy) is 2. The number of fused-ring (bicyclic) bond motifs is 1. The van der Waals surface area contributed by atoms with Crippen molar-refractivity contribution in [1.82, 2.24) is 9.80 Å². The van der Waals surface area contributed by atoms with Crippen LogP contribution in [-0.2, 0) is 17.8 Å². The van der Waals surface area contributed by atoms with Gasteiger partial charge in [0.2, 0.25) is 12.7 Å². The molecule has 2 saturated heterocycles.